The molecule has 3 aromatic rings. The van der Waals surface area contributed by atoms with Crippen LogP contribution in [0.15, 0.2) is 67.0 Å². The molecule has 140 valence electrons. The number of imidazole rings is 1. The third-order valence-corrected chi connectivity index (χ3v) is 4.56. The molecule has 0 saturated heterocycles. The molecule has 7 nitrogen and oxygen atoms in total. The zero-order valence-corrected chi connectivity index (χ0v) is 15.8. The molecule has 0 aliphatic carbocycles. The largest absolute Gasteiger partial charge is 0.338 e. The molecule has 8 heteroatoms. The average Bonchev–Trinajstić information content (AvgIpc) is 3.05. The molecule has 27 heavy (non-hydrogen) atoms. The number of nitrogens with one attached hydrogen (secondary N) is 2. The van der Waals surface area contributed by atoms with Gasteiger partial charge in [0.05, 0.1) is 6.26 Å². The summed E-state index contributed by atoms with van der Waals surface area (Å²) in [6, 6.07) is 15.4. The number of hydrogen-bond acceptors (Lipinski definition) is 4. The Bertz CT molecular complexity index is 1050. The number of sulfonamides is 1. The molecule has 3 rings (SSSR count). The summed E-state index contributed by atoms with van der Waals surface area (Å²) in [5.74, 6) is 0.365. The minimum absolute atomic E-state index is 0.330. The molecule has 0 fully saturated rings. The molecule has 1 heterocycles. The van der Waals surface area contributed by atoms with Gasteiger partial charge in [-0.25, -0.2) is 13.4 Å². The fraction of sp³-hybridized carbons (Fsp3) is 0.158. The maximum Gasteiger partial charge on any atom is 0.252 e. The molecule has 0 bridgehead atoms. The van der Waals surface area contributed by atoms with E-state index in [1.807, 2.05) is 48.1 Å². The lowest BCUT2D eigenvalue weighted by Gasteiger charge is -2.19. The molecule has 0 spiro atoms. The van der Waals surface area contributed by atoms with Crippen molar-refractivity contribution in [3.05, 3.63) is 83.9 Å². The number of carbonyl (C=O) groups excluding carboxylic acids is 1. The Hall–Kier alpha value is -3.13. The van der Waals surface area contributed by atoms with E-state index in [0.29, 0.717) is 17.1 Å². The molecule has 2 N–H and O–H groups in total. The maximum absolute atomic E-state index is 12.8. The van der Waals surface area contributed by atoms with Gasteiger partial charge in [-0.05, 0) is 23.8 Å². The Morgan fingerprint density at radius 2 is 1.85 bits per heavy atom. The molecule has 0 radical (unpaired) electrons. The van der Waals surface area contributed by atoms with Gasteiger partial charge in [-0.2, -0.15) is 0 Å². The first kappa shape index (κ1) is 18.7. The van der Waals surface area contributed by atoms with E-state index in [9.17, 15) is 13.2 Å². The van der Waals surface area contributed by atoms with Crippen LogP contribution >= 0.6 is 0 Å². The molecule has 0 saturated carbocycles. The minimum atomic E-state index is -3.42. The first-order chi connectivity index (χ1) is 12.8. The van der Waals surface area contributed by atoms with Crippen LogP contribution in [-0.2, 0) is 17.1 Å². The number of anilines is 1. The van der Waals surface area contributed by atoms with E-state index in [0.717, 1.165) is 11.8 Å². The summed E-state index contributed by atoms with van der Waals surface area (Å²) in [7, 11) is -1.56. The molecule has 1 amide bonds. The van der Waals surface area contributed by atoms with Gasteiger partial charge in [0.1, 0.15) is 11.9 Å². The third-order valence-electron chi connectivity index (χ3n) is 3.95. The summed E-state index contributed by atoms with van der Waals surface area (Å²) in [4.78, 5) is 17.2. The normalized spacial score (nSPS) is 12.4. The van der Waals surface area contributed by atoms with E-state index in [2.05, 4.69) is 15.0 Å². The van der Waals surface area contributed by atoms with Gasteiger partial charge in [0.25, 0.3) is 5.91 Å². The predicted octanol–water partition coefficient (Wildman–Crippen LogP) is 2.31. The van der Waals surface area contributed by atoms with Gasteiger partial charge in [0.2, 0.25) is 10.0 Å². The van der Waals surface area contributed by atoms with Crippen molar-refractivity contribution >= 4 is 21.6 Å². The summed E-state index contributed by atoms with van der Waals surface area (Å²) in [5.41, 5.74) is 1.57. The molecule has 0 aliphatic heterocycles. The maximum atomic E-state index is 12.8. The summed E-state index contributed by atoms with van der Waals surface area (Å²) in [6.07, 6.45) is 4.55. The first-order valence-electron chi connectivity index (χ1n) is 8.24. The molecule has 0 aliphatic rings. The summed E-state index contributed by atoms with van der Waals surface area (Å²) >= 11 is 0. The van der Waals surface area contributed by atoms with Gasteiger partial charge < -0.3 is 9.88 Å². The zero-order chi connectivity index (χ0) is 19.4. The number of hydrogen-bond donors (Lipinski definition) is 2. The smallest absolute Gasteiger partial charge is 0.252 e. The average molecular weight is 384 g/mol. The molecular formula is C19H20N4O3S. The van der Waals surface area contributed by atoms with Crippen LogP contribution in [0.2, 0.25) is 0 Å². The van der Waals surface area contributed by atoms with Crippen LogP contribution < -0.4 is 10.0 Å². The fourth-order valence-electron chi connectivity index (χ4n) is 2.75. The molecule has 2 aromatic carbocycles. The van der Waals surface area contributed by atoms with Gasteiger partial charge in [0, 0.05) is 30.7 Å². The SMILES string of the molecule is Cn1ccnc1C(NC(=O)c1cccc(NS(C)(=O)=O)c1)c1ccccc1. The monoisotopic (exact) mass is 384 g/mol. The second-order valence-corrected chi connectivity index (χ2v) is 7.92. The molecule has 1 unspecified atom stereocenters. The number of aryl methyl sites for hydroxylation is 1. The third kappa shape index (κ3) is 4.73. The Balaban J connectivity index is 1.90. The van der Waals surface area contributed by atoms with Gasteiger partial charge in [-0.15, -0.1) is 0 Å². The highest BCUT2D eigenvalue weighted by Crippen LogP contribution is 2.21. The minimum Gasteiger partial charge on any atom is -0.338 e. The Morgan fingerprint density at radius 1 is 1.11 bits per heavy atom. The summed E-state index contributed by atoms with van der Waals surface area (Å²) < 4.78 is 27.1. The number of amides is 1. The van der Waals surface area contributed by atoms with Crippen LogP contribution in [0.25, 0.3) is 0 Å². The van der Waals surface area contributed by atoms with Crippen molar-refractivity contribution in [1.82, 2.24) is 14.9 Å². The van der Waals surface area contributed by atoms with Crippen molar-refractivity contribution in [2.24, 2.45) is 7.05 Å². The van der Waals surface area contributed by atoms with Crippen molar-refractivity contribution in [2.45, 2.75) is 6.04 Å². The number of rotatable bonds is 6. The predicted molar refractivity (Wildman–Crippen MR) is 104 cm³/mol. The zero-order valence-electron chi connectivity index (χ0n) is 15.0. The highest BCUT2D eigenvalue weighted by Gasteiger charge is 2.21. The molecular weight excluding hydrogens is 364 g/mol. The molecule has 1 atom stereocenters. The van der Waals surface area contributed by atoms with E-state index < -0.39 is 16.1 Å². The number of benzene rings is 2. The van der Waals surface area contributed by atoms with Crippen LogP contribution in [0.4, 0.5) is 5.69 Å². The topological polar surface area (TPSA) is 93.1 Å². The highest BCUT2D eigenvalue weighted by atomic mass is 32.2. The van der Waals surface area contributed by atoms with E-state index in [-0.39, 0.29) is 5.91 Å². The van der Waals surface area contributed by atoms with E-state index in [1.54, 1.807) is 24.4 Å². The van der Waals surface area contributed by atoms with E-state index in [4.69, 9.17) is 0 Å². The van der Waals surface area contributed by atoms with Gasteiger partial charge in [0.15, 0.2) is 0 Å². The number of nitrogens with zero attached hydrogens (tertiary/aromatic N) is 2. The lowest BCUT2D eigenvalue weighted by molar-refractivity contribution is 0.0941. The Morgan fingerprint density at radius 3 is 2.48 bits per heavy atom. The van der Waals surface area contributed by atoms with Crippen molar-refractivity contribution in [3.63, 3.8) is 0 Å². The molecule has 1 aromatic heterocycles. The Labute approximate surface area is 158 Å². The van der Waals surface area contributed by atoms with Crippen molar-refractivity contribution in [1.29, 1.82) is 0 Å². The van der Waals surface area contributed by atoms with Crippen molar-refractivity contribution in [3.8, 4) is 0 Å². The van der Waals surface area contributed by atoms with Crippen molar-refractivity contribution < 1.29 is 13.2 Å². The highest BCUT2D eigenvalue weighted by molar-refractivity contribution is 7.92. The van der Waals surface area contributed by atoms with Crippen molar-refractivity contribution in [2.75, 3.05) is 11.0 Å². The lowest BCUT2D eigenvalue weighted by atomic mass is 10.1. The summed E-state index contributed by atoms with van der Waals surface area (Å²) in [6.45, 7) is 0. The van der Waals surface area contributed by atoms with Crippen LogP contribution in [0.5, 0.6) is 0 Å². The lowest BCUT2D eigenvalue weighted by Crippen LogP contribution is -2.31. The second kappa shape index (κ2) is 7.63. The van der Waals surface area contributed by atoms with E-state index in [1.165, 1.54) is 6.07 Å². The quantitative estimate of drug-likeness (QED) is 0.682. The van der Waals surface area contributed by atoms with Gasteiger partial charge in [-0.1, -0.05) is 36.4 Å². The van der Waals surface area contributed by atoms with E-state index >= 15 is 0 Å². The van der Waals surface area contributed by atoms with Crippen LogP contribution in [0.1, 0.15) is 27.8 Å². The van der Waals surface area contributed by atoms with Crippen LogP contribution in [0, 0.1) is 0 Å². The number of aromatic nitrogens is 2. The first-order valence-corrected chi connectivity index (χ1v) is 10.1. The van der Waals surface area contributed by atoms with Gasteiger partial charge >= 0.3 is 0 Å². The summed E-state index contributed by atoms with van der Waals surface area (Å²) in [5, 5.41) is 2.98. The second-order valence-electron chi connectivity index (χ2n) is 6.17. The standard InChI is InChI=1S/C19H20N4O3S/c1-23-12-11-20-18(23)17(14-7-4-3-5-8-14)21-19(24)15-9-6-10-16(13-15)22-27(2,25)26/h3-13,17,22H,1-2H3,(H,21,24). The Kier molecular flexibility index (Phi) is 5.27. The van der Waals surface area contributed by atoms with Gasteiger partial charge in [-0.3, -0.25) is 9.52 Å². The van der Waals surface area contributed by atoms with Crippen LogP contribution in [0.3, 0.4) is 0 Å². The van der Waals surface area contributed by atoms with Crippen LogP contribution in [-0.4, -0.2) is 30.1 Å². The number of carbonyl (C=O) groups is 1. The fourth-order valence-corrected chi connectivity index (χ4v) is 3.31.